The van der Waals surface area contributed by atoms with E-state index in [4.69, 9.17) is 4.74 Å². The molecule has 2 heterocycles. The number of benzene rings is 4. The van der Waals surface area contributed by atoms with E-state index in [1.54, 1.807) is 67.6 Å². The smallest absolute Gasteiger partial charge is 0.305 e. The van der Waals surface area contributed by atoms with Crippen molar-refractivity contribution in [3.63, 3.8) is 0 Å². The van der Waals surface area contributed by atoms with Gasteiger partial charge in [-0.15, -0.1) is 0 Å². The highest BCUT2D eigenvalue weighted by atomic mass is 19.1. The number of carboxylic acids is 1. The van der Waals surface area contributed by atoms with Crippen LogP contribution >= 0.6 is 0 Å². The maximum absolute atomic E-state index is 15.8. The van der Waals surface area contributed by atoms with Crippen LogP contribution in [0.25, 0.3) is 22.3 Å². The molecule has 7 nitrogen and oxygen atoms in total. The van der Waals surface area contributed by atoms with E-state index in [0.29, 0.717) is 22.4 Å². The van der Waals surface area contributed by atoms with Crippen LogP contribution in [0.15, 0.2) is 102 Å². The maximum Gasteiger partial charge on any atom is 0.305 e. The number of carbonyl (C=O) groups is 2. The molecule has 0 saturated heterocycles. The first-order valence-corrected chi connectivity index (χ1v) is 14.3. The fourth-order valence-corrected chi connectivity index (χ4v) is 5.84. The molecule has 2 N–H and O–H groups in total. The predicted octanol–water partition coefficient (Wildman–Crippen LogP) is 7.10. The number of nitrogens with one attached hydrogen (secondary N) is 1. The van der Waals surface area contributed by atoms with Crippen molar-refractivity contribution in [1.29, 1.82) is 0 Å². The average molecular weight is 607 g/mol. The zero-order valence-electron chi connectivity index (χ0n) is 24.4. The Morgan fingerprint density at radius 1 is 0.867 bits per heavy atom. The summed E-state index contributed by atoms with van der Waals surface area (Å²) in [6.07, 6.45) is 0.692. The quantitative estimate of drug-likeness (QED) is 0.227. The van der Waals surface area contributed by atoms with Crippen LogP contribution in [-0.2, 0) is 9.59 Å². The van der Waals surface area contributed by atoms with Crippen molar-refractivity contribution in [1.82, 2.24) is 9.88 Å². The van der Waals surface area contributed by atoms with E-state index in [9.17, 15) is 19.5 Å². The number of hydrogen-bond acceptors (Lipinski definition) is 4. The molecule has 2 atom stereocenters. The number of nitrogens with zero attached hydrogens (tertiary/aromatic N) is 1. The molecule has 0 aliphatic carbocycles. The minimum absolute atomic E-state index is 0.0643. The van der Waals surface area contributed by atoms with Crippen molar-refractivity contribution < 1.29 is 28.2 Å². The normalized spacial score (nSPS) is 15.9. The number of rotatable bonds is 4. The standard InChI is InChI=1S/C36H28F2N2O5/c1-20-8-6-12-30-32(20)23-16-21(2)33(38)27(17-23)29(19-31(41)42)39-35(43)34(26-18-24(45-30)13-14-28(26)37)40-15-7-11-25(36(40)44)22-9-4-3-5-10-22/h3-18,29,34H,19H2,1-2H3,(H,39,43)(H,41,42). The van der Waals surface area contributed by atoms with Gasteiger partial charge in [0, 0.05) is 28.5 Å². The minimum atomic E-state index is -1.61. The summed E-state index contributed by atoms with van der Waals surface area (Å²) in [7, 11) is 0. The molecule has 0 radical (unpaired) electrons. The molecule has 45 heavy (non-hydrogen) atoms. The molecule has 2 unspecified atom stereocenters. The second-order valence-corrected chi connectivity index (χ2v) is 11.0. The van der Waals surface area contributed by atoms with Gasteiger partial charge in [-0.3, -0.25) is 19.0 Å². The second kappa shape index (κ2) is 11.8. The molecule has 0 spiro atoms. The Labute approximate surface area is 257 Å². The number of carboxylic acid groups (broad SMARTS) is 1. The molecule has 6 rings (SSSR count). The first kappa shape index (κ1) is 29.5. The number of carbonyl (C=O) groups excluding carboxylic acids is 1. The molecule has 1 aromatic heterocycles. The van der Waals surface area contributed by atoms with Gasteiger partial charge in [-0.2, -0.15) is 0 Å². The molecule has 1 amide bonds. The number of aromatic nitrogens is 1. The molecule has 1 aliphatic heterocycles. The van der Waals surface area contributed by atoms with Crippen molar-refractivity contribution in [3.8, 4) is 33.8 Å². The van der Waals surface area contributed by atoms with Crippen LogP contribution in [0, 0.1) is 25.5 Å². The van der Waals surface area contributed by atoms with E-state index >= 15 is 8.78 Å². The monoisotopic (exact) mass is 606 g/mol. The van der Waals surface area contributed by atoms with E-state index in [1.165, 1.54) is 24.4 Å². The van der Waals surface area contributed by atoms with Gasteiger partial charge >= 0.3 is 5.97 Å². The zero-order valence-corrected chi connectivity index (χ0v) is 24.4. The molecular weight excluding hydrogens is 578 g/mol. The molecule has 9 heteroatoms. The SMILES string of the molecule is Cc1cc2cc(c1F)C(CC(=O)O)NC(=O)C(n1cccc(-c3ccccc3)c1=O)c1cc(ccc1F)Oc1cccc(C)c1-2. The van der Waals surface area contributed by atoms with Crippen LogP contribution in [0.3, 0.4) is 0 Å². The number of amides is 1. The van der Waals surface area contributed by atoms with Gasteiger partial charge < -0.3 is 15.2 Å². The van der Waals surface area contributed by atoms with Crippen molar-refractivity contribution in [3.05, 3.63) is 141 Å². The minimum Gasteiger partial charge on any atom is -0.481 e. The molecule has 4 aromatic carbocycles. The van der Waals surface area contributed by atoms with Crippen LogP contribution in [0.5, 0.6) is 11.5 Å². The van der Waals surface area contributed by atoms with Gasteiger partial charge in [0.1, 0.15) is 29.2 Å². The number of fused-ring (bicyclic) bond motifs is 6. The van der Waals surface area contributed by atoms with Crippen LogP contribution in [-0.4, -0.2) is 21.6 Å². The fraction of sp³-hybridized carbons (Fsp3) is 0.139. The predicted molar refractivity (Wildman–Crippen MR) is 165 cm³/mol. The third kappa shape index (κ3) is 5.60. The van der Waals surface area contributed by atoms with Crippen molar-refractivity contribution >= 4 is 11.9 Å². The van der Waals surface area contributed by atoms with E-state index in [1.807, 2.05) is 13.0 Å². The van der Waals surface area contributed by atoms with Gasteiger partial charge in [0.05, 0.1) is 12.5 Å². The maximum atomic E-state index is 15.8. The van der Waals surface area contributed by atoms with E-state index in [0.717, 1.165) is 16.2 Å². The van der Waals surface area contributed by atoms with Crippen LogP contribution in [0.4, 0.5) is 8.78 Å². The number of aryl methyl sites for hydroxylation is 2. The number of hydrogen-bond donors (Lipinski definition) is 2. The lowest BCUT2D eigenvalue weighted by atomic mass is 9.92. The molecule has 4 bridgehead atoms. The fourth-order valence-electron chi connectivity index (χ4n) is 5.84. The Balaban J connectivity index is 1.63. The van der Waals surface area contributed by atoms with Crippen molar-refractivity contribution in [2.45, 2.75) is 32.4 Å². The van der Waals surface area contributed by atoms with Crippen molar-refractivity contribution in [2.24, 2.45) is 0 Å². The summed E-state index contributed by atoms with van der Waals surface area (Å²) in [5.74, 6) is -3.10. The molecule has 0 saturated carbocycles. The van der Waals surface area contributed by atoms with Crippen LogP contribution in [0.2, 0.25) is 0 Å². The Morgan fingerprint density at radius 3 is 2.40 bits per heavy atom. The van der Waals surface area contributed by atoms with E-state index in [-0.39, 0.29) is 28.0 Å². The number of ether oxygens (including phenoxy) is 1. The van der Waals surface area contributed by atoms with Crippen LogP contribution < -0.4 is 15.6 Å². The summed E-state index contributed by atoms with van der Waals surface area (Å²) in [5.41, 5.74) is 2.20. The van der Waals surface area contributed by atoms with Gasteiger partial charge in [-0.1, -0.05) is 42.5 Å². The Bertz CT molecular complexity index is 2020. The molecular formula is C36H28F2N2O5. The first-order chi connectivity index (χ1) is 21.6. The summed E-state index contributed by atoms with van der Waals surface area (Å²) in [4.78, 5) is 40.2. The van der Waals surface area contributed by atoms with Gasteiger partial charge in [-0.05, 0) is 84.6 Å². The van der Waals surface area contributed by atoms with Gasteiger partial charge in [0.2, 0.25) is 5.91 Å². The lowest BCUT2D eigenvalue weighted by molar-refractivity contribution is -0.137. The molecule has 5 aromatic rings. The largest absolute Gasteiger partial charge is 0.481 e. The highest BCUT2D eigenvalue weighted by Gasteiger charge is 2.32. The topological polar surface area (TPSA) is 97.6 Å². The van der Waals surface area contributed by atoms with E-state index in [2.05, 4.69) is 5.32 Å². The van der Waals surface area contributed by atoms with Gasteiger partial charge in [-0.25, -0.2) is 8.78 Å². The average Bonchev–Trinajstić information content (AvgIpc) is 3.01. The molecule has 226 valence electrons. The highest BCUT2D eigenvalue weighted by Crippen LogP contribution is 2.40. The first-order valence-electron chi connectivity index (χ1n) is 14.3. The lowest BCUT2D eigenvalue weighted by Crippen LogP contribution is -2.41. The van der Waals surface area contributed by atoms with Crippen molar-refractivity contribution in [2.75, 3.05) is 0 Å². The number of aliphatic carboxylic acids is 1. The second-order valence-electron chi connectivity index (χ2n) is 11.0. The summed E-state index contributed by atoms with van der Waals surface area (Å²) < 4.78 is 38.9. The zero-order chi connectivity index (χ0) is 31.8. The molecule has 0 fully saturated rings. The Kier molecular flexibility index (Phi) is 7.76. The third-order valence-corrected chi connectivity index (χ3v) is 7.95. The van der Waals surface area contributed by atoms with Gasteiger partial charge in [0.25, 0.3) is 5.56 Å². The number of pyridine rings is 1. The third-order valence-electron chi connectivity index (χ3n) is 7.95. The summed E-state index contributed by atoms with van der Waals surface area (Å²) in [6.45, 7) is 3.40. The lowest BCUT2D eigenvalue weighted by Gasteiger charge is -2.25. The Hall–Kier alpha value is -5.57. The van der Waals surface area contributed by atoms with E-state index < -0.39 is 47.6 Å². The highest BCUT2D eigenvalue weighted by molar-refractivity contribution is 5.85. The Morgan fingerprint density at radius 2 is 1.64 bits per heavy atom. The summed E-state index contributed by atoms with van der Waals surface area (Å²) in [5, 5.41) is 12.5. The molecule has 1 aliphatic rings. The number of halogens is 2. The summed E-state index contributed by atoms with van der Waals surface area (Å²) in [6, 6.07) is 21.4. The van der Waals surface area contributed by atoms with Gasteiger partial charge in [0.15, 0.2) is 0 Å². The summed E-state index contributed by atoms with van der Waals surface area (Å²) >= 11 is 0. The van der Waals surface area contributed by atoms with Crippen LogP contribution in [0.1, 0.15) is 40.8 Å².